The molecule has 1 aromatic carbocycles. The van der Waals surface area contributed by atoms with Crippen molar-refractivity contribution in [1.29, 1.82) is 0 Å². The summed E-state index contributed by atoms with van der Waals surface area (Å²) >= 11 is 0. The number of carbonyl (C=O) groups excluding carboxylic acids is 1. The molecule has 0 unspecified atom stereocenters. The normalized spacial score (nSPS) is 9.85. The number of carbonyl (C=O) groups is 3. The van der Waals surface area contributed by atoms with Crippen LogP contribution in [0.2, 0.25) is 0 Å². The lowest BCUT2D eigenvalue weighted by Gasteiger charge is -2.18. The number of benzene rings is 1. The van der Waals surface area contributed by atoms with Crippen molar-refractivity contribution < 1.29 is 29.3 Å². The largest absolute Gasteiger partial charge is 0.497 e. The van der Waals surface area contributed by atoms with Gasteiger partial charge in [-0.05, 0) is 17.7 Å². The van der Waals surface area contributed by atoms with Crippen molar-refractivity contribution in [1.82, 2.24) is 4.90 Å². The number of hydrogen-bond donors (Lipinski definition) is 2. The van der Waals surface area contributed by atoms with Crippen LogP contribution in [0.25, 0.3) is 0 Å². The van der Waals surface area contributed by atoms with E-state index < -0.39 is 30.9 Å². The highest BCUT2D eigenvalue weighted by molar-refractivity contribution is 5.86. The third kappa shape index (κ3) is 4.97. The Balaban J connectivity index is 2.73. The van der Waals surface area contributed by atoms with Crippen LogP contribution in [0.4, 0.5) is 0 Å². The maximum Gasteiger partial charge on any atom is 0.323 e. The van der Waals surface area contributed by atoms with E-state index in [0.717, 1.165) is 4.90 Å². The summed E-state index contributed by atoms with van der Waals surface area (Å²) in [6.45, 7) is -1.28. The number of aliphatic carboxylic acids is 2. The molecule has 0 spiro atoms. The molecule has 0 aromatic heterocycles. The van der Waals surface area contributed by atoms with E-state index in [1.54, 1.807) is 24.3 Å². The molecule has 7 nitrogen and oxygen atoms in total. The van der Waals surface area contributed by atoms with Crippen LogP contribution in [0.3, 0.4) is 0 Å². The lowest BCUT2D eigenvalue weighted by atomic mass is 10.1. The summed E-state index contributed by atoms with van der Waals surface area (Å²) in [5, 5.41) is 17.4. The first-order valence-electron chi connectivity index (χ1n) is 5.76. The van der Waals surface area contributed by atoms with Gasteiger partial charge in [0.2, 0.25) is 5.91 Å². The van der Waals surface area contributed by atoms with Gasteiger partial charge in [0.15, 0.2) is 0 Å². The Bertz CT molecular complexity index is 480. The number of hydrogen-bond acceptors (Lipinski definition) is 4. The first-order chi connectivity index (χ1) is 9.42. The summed E-state index contributed by atoms with van der Waals surface area (Å²) < 4.78 is 4.98. The van der Waals surface area contributed by atoms with Crippen molar-refractivity contribution >= 4 is 17.8 Å². The van der Waals surface area contributed by atoms with E-state index in [9.17, 15) is 14.4 Å². The topological polar surface area (TPSA) is 104 Å². The highest BCUT2D eigenvalue weighted by Crippen LogP contribution is 2.12. The van der Waals surface area contributed by atoms with Crippen LogP contribution in [-0.4, -0.2) is 53.2 Å². The Labute approximate surface area is 115 Å². The molecule has 0 atom stereocenters. The van der Waals surface area contributed by atoms with E-state index in [-0.39, 0.29) is 6.42 Å². The van der Waals surface area contributed by atoms with Gasteiger partial charge in [0.1, 0.15) is 18.8 Å². The summed E-state index contributed by atoms with van der Waals surface area (Å²) in [6, 6.07) is 6.66. The maximum absolute atomic E-state index is 11.9. The van der Waals surface area contributed by atoms with Gasteiger partial charge >= 0.3 is 11.9 Å². The first-order valence-corrected chi connectivity index (χ1v) is 5.76. The molecule has 7 heteroatoms. The highest BCUT2D eigenvalue weighted by Gasteiger charge is 2.19. The predicted octanol–water partition coefficient (Wildman–Crippen LogP) is 0.235. The quantitative estimate of drug-likeness (QED) is 0.741. The average molecular weight is 281 g/mol. The Morgan fingerprint density at radius 3 is 1.95 bits per heavy atom. The van der Waals surface area contributed by atoms with Crippen molar-refractivity contribution in [2.45, 2.75) is 6.42 Å². The monoisotopic (exact) mass is 281 g/mol. The second-order valence-electron chi connectivity index (χ2n) is 4.06. The summed E-state index contributed by atoms with van der Waals surface area (Å²) in [5.41, 5.74) is 0.650. The zero-order valence-electron chi connectivity index (χ0n) is 10.9. The van der Waals surface area contributed by atoms with E-state index in [0.29, 0.717) is 11.3 Å². The fourth-order valence-electron chi connectivity index (χ4n) is 1.59. The minimum atomic E-state index is -1.26. The Morgan fingerprint density at radius 1 is 1.05 bits per heavy atom. The number of rotatable bonds is 7. The molecule has 0 radical (unpaired) electrons. The van der Waals surface area contributed by atoms with Gasteiger partial charge in [0, 0.05) is 0 Å². The minimum absolute atomic E-state index is 0.0649. The Hall–Kier alpha value is -2.57. The molecular weight excluding hydrogens is 266 g/mol. The average Bonchev–Trinajstić information content (AvgIpc) is 2.37. The standard InChI is InChI=1S/C13H15NO6/c1-20-10-4-2-9(3-5-10)6-11(15)14(7-12(16)17)8-13(18)19/h2-5H,6-8H2,1H3,(H,16,17)(H,18,19). The molecule has 0 aliphatic carbocycles. The third-order valence-corrected chi connectivity index (χ3v) is 2.52. The number of carboxylic acids is 2. The van der Waals surface area contributed by atoms with E-state index >= 15 is 0 Å². The second-order valence-corrected chi connectivity index (χ2v) is 4.06. The van der Waals surface area contributed by atoms with Crippen LogP contribution in [0.5, 0.6) is 5.75 Å². The zero-order valence-corrected chi connectivity index (χ0v) is 10.9. The van der Waals surface area contributed by atoms with E-state index in [4.69, 9.17) is 14.9 Å². The second kappa shape index (κ2) is 7.13. The van der Waals surface area contributed by atoms with Crippen molar-refractivity contribution in [3.05, 3.63) is 29.8 Å². The van der Waals surface area contributed by atoms with Crippen LogP contribution < -0.4 is 4.74 Å². The van der Waals surface area contributed by atoms with Gasteiger partial charge in [-0.3, -0.25) is 14.4 Å². The molecule has 0 saturated heterocycles. The molecule has 0 fully saturated rings. The first kappa shape index (κ1) is 15.5. The fourth-order valence-corrected chi connectivity index (χ4v) is 1.59. The Kier molecular flexibility index (Phi) is 5.52. The molecule has 108 valence electrons. The number of methoxy groups -OCH3 is 1. The zero-order chi connectivity index (χ0) is 15.1. The van der Waals surface area contributed by atoms with Crippen molar-refractivity contribution in [2.75, 3.05) is 20.2 Å². The molecule has 0 aliphatic heterocycles. The lowest BCUT2D eigenvalue weighted by Crippen LogP contribution is -2.40. The molecule has 0 bridgehead atoms. The van der Waals surface area contributed by atoms with Gasteiger partial charge in [0.25, 0.3) is 0 Å². The molecule has 0 saturated carbocycles. The van der Waals surface area contributed by atoms with Gasteiger partial charge in [-0.1, -0.05) is 12.1 Å². The molecular formula is C13H15NO6. The molecule has 1 amide bonds. The van der Waals surface area contributed by atoms with Crippen molar-refractivity contribution in [3.8, 4) is 5.75 Å². The number of carboxylic acid groups (broad SMARTS) is 2. The molecule has 20 heavy (non-hydrogen) atoms. The number of ether oxygens (including phenoxy) is 1. The smallest absolute Gasteiger partial charge is 0.323 e. The van der Waals surface area contributed by atoms with Crippen molar-refractivity contribution in [2.24, 2.45) is 0 Å². The molecule has 0 aliphatic rings. The van der Waals surface area contributed by atoms with Crippen molar-refractivity contribution in [3.63, 3.8) is 0 Å². The third-order valence-electron chi connectivity index (χ3n) is 2.52. The molecule has 2 N–H and O–H groups in total. The maximum atomic E-state index is 11.9. The summed E-state index contributed by atoms with van der Waals surface area (Å²) in [4.78, 5) is 33.9. The van der Waals surface area contributed by atoms with Gasteiger partial charge < -0.3 is 19.8 Å². The number of amides is 1. The molecule has 1 aromatic rings. The van der Waals surface area contributed by atoms with Crippen LogP contribution in [0, 0.1) is 0 Å². The summed E-state index contributed by atoms with van der Waals surface area (Å²) in [6.07, 6.45) is -0.0649. The molecule has 0 heterocycles. The van der Waals surface area contributed by atoms with Gasteiger partial charge in [-0.2, -0.15) is 0 Å². The van der Waals surface area contributed by atoms with Crippen LogP contribution in [-0.2, 0) is 20.8 Å². The summed E-state index contributed by atoms with van der Waals surface area (Å²) in [5.74, 6) is -2.43. The van der Waals surface area contributed by atoms with Gasteiger partial charge in [-0.15, -0.1) is 0 Å². The SMILES string of the molecule is COc1ccc(CC(=O)N(CC(=O)O)CC(=O)O)cc1. The van der Waals surface area contributed by atoms with Crippen LogP contribution >= 0.6 is 0 Å². The number of nitrogens with zero attached hydrogens (tertiary/aromatic N) is 1. The summed E-state index contributed by atoms with van der Waals surface area (Å²) in [7, 11) is 1.52. The van der Waals surface area contributed by atoms with E-state index in [2.05, 4.69) is 0 Å². The van der Waals surface area contributed by atoms with Gasteiger partial charge in [-0.25, -0.2) is 0 Å². The van der Waals surface area contributed by atoms with Crippen LogP contribution in [0.1, 0.15) is 5.56 Å². The minimum Gasteiger partial charge on any atom is -0.497 e. The van der Waals surface area contributed by atoms with E-state index in [1.165, 1.54) is 7.11 Å². The fraction of sp³-hybridized carbons (Fsp3) is 0.308. The van der Waals surface area contributed by atoms with Crippen LogP contribution in [0.15, 0.2) is 24.3 Å². The highest BCUT2D eigenvalue weighted by atomic mass is 16.5. The lowest BCUT2D eigenvalue weighted by molar-refractivity contribution is -0.149. The van der Waals surface area contributed by atoms with Gasteiger partial charge in [0.05, 0.1) is 13.5 Å². The Morgan fingerprint density at radius 2 is 1.55 bits per heavy atom. The predicted molar refractivity (Wildman–Crippen MR) is 68.5 cm³/mol. The molecule has 1 rings (SSSR count). The van der Waals surface area contributed by atoms with E-state index in [1.807, 2.05) is 0 Å².